The van der Waals surface area contributed by atoms with Crippen molar-refractivity contribution in [1.82, 2.24) is 10.2 Å². The summed E-state index contributed by atoms with van der Waals surface area (Å²) in [5.41, 5.74) is 0.463. The van der Waals surface area contributed by atoms with Crippen molar-refractivity contribution in [2.45, 2.75) is 18.9 Å². The standard InChI is InChI=1S/C20H21Cl2FN2O2/c21-18-6-5-17(13-19(18)22)27-16-7-10-25(11-8-16)12-9-24-20(26)14-1-3-15(23)4-2-14/h1-6,13,16H,7-12H2,(H,24,26). The molecule has 1 aliphatic rings. The van der Waals surface area contributed by atoms with E-state index in [1.54, 1.807) is 12.1 Å². The van der Waals surface area contributed by atoms with E-state index in [0.717, 1.165) is 38.2 Å². The van der Waals surface area contributed by atoms with Gasteiger partial charge in [0.25, 0.3) is 5.91 Å². The predicted octanol–water partition coefficient (Wildman–Crippen LogP) is 4.41. The van der Waals surface area contributed by atoms with E-state index < -0.39 is 0 Å². The van der Waals surface area contributed by atoms with Gasteiger partial charge in [0.15, 0.2) is 0 Å². The number of nitrogens with zero attached hydrogens (tertiary/aromatic N) is 1. The van der Waals surface area contributed by atoms with E-state index in [-0.39, 0.29) is 17.8 Å². The average molecular weight is 411 g/mol. The Morgan fingerprint density at radius 2 is 1.81 bits per heavy atom. The Kier molecular flexibility index (Phi) is 6.94. The molecule has 7 heteroatoms. The Labute approximate surface area is 168 Å². The van der Waals surface area contributed by atoms with Crippen LogP contribution in [0.2, 0.25) is 10.0 Å². The summed E-state index contributed by atoms with van der Waals surface area (Å²) in [6.45, 7) is 3.12. The smallest absolute Gasteiger partial charge is 0.251 e. The van der Waals surface area contributed by atoms with E-state index in [4.69, 9.17) is 27.9 Å². The highest BCUT2D eigenvalue weighted by Crippen LogP contribution is 2.28. The molecule has 1 aliphatic heterocycles. The van der Waals surface area contributed by atoms with Crippen molar-refractivity contribution >= 4 is 29.1 Å². The van der Waals surface area contributed by atoms with E-state index >= 15 is 0 Å². The van der Waals surface area contributed by atoms with Gasteiger partial charge in [0.2, 0.25) is 0 Å². The summed E-state index contributed by atoms with van der Waals surface area (Å²) in [5.74, 6) is 0.194. The molecule has 3 rings (SSSR count). The predicted molar refractivity (Wildman–Crippen MR) is 105 cm³/mol. The van der Waals surface area contributed by atoms with Crippen molar-refractivity contribution in [2.75, 3.05) is 26.2 Å². The van der Waals surface area contributed by atoms with Gasteiger partial charge in [-0.05, 0) is 49.2 Å². The van der Waals surface area contributed by atoms with E-state index in [2.05, 4.69) is 10.2 Å². The Bertz CT molecular complexity index is 778. The van der Waals surface area contributed by atoms with Gasteiger partial charge in [0, 0.05) is 37.8 Å². The SMILES string of the molecule is O=C(NCCN1CCC(Oc2ccc(Cl)c(Cl)c2)CC1)c1ccc(F)cc1. The van der Waals surface area contributed by atoms with E-state index in [1.165, 1.54) is 24.3 Å². The minimum Gasteiger partial charge on any atom is -0.490 e. The minimum atomic E-state index is -0.350. The molecule has 2 aromatic rings. The maximum absolute atomic E-state index is 12.9. The summed E-state index contributed by atoms with van der Waals surface area (Å²) in [6, 6.07) is 10.8. The van der Waals surface area contributed by atoms with Crippen LogP contribution >= 0.6 is 23.2 Å². The molecule has 0 unspecified atom stereocenters. The molecule has 1 amide bonds. The monoisotopic (exact) mass is 410 g/mol. The van der Waals surface area contributed by atoms with Crippen LogP contribution in [0.25, 0.3) is 0 Å². The van der Waals surface area contributed by atoms with Crippen LogP contribution in [0, 0.1) is 5.82 Å². The van der Waals surface area contributed by atoms with Gasteiger partial charge >= 0.3 is 0 Å². The Morgan fingerprint density at radius 1 is 1.11 bits per heavy atom. The molecule has 1 fully saturated rings. The zero-order chi connectivity index (χ0) is 19.2. The fourth-order valence-corrected chi connectivity index (χ4v) is 3.31. The molecule has 0 saturated carbocycles. The molecule has 1 N–H and O–H groups in total. The highest BCUT2D eigenvalue weighted by atomic mass is 35.5. The van der Waals surface area contributed by atoms with E-state index in [9.17, 15) is 9.18 Å². The van der Waals surface area contributed by atoms with Gasteiger partial charge in [-0.2, -0.15) is 0 Å². The van der Waals surface area contributed by atoms with Gasteiger partial charge in [0.05, 0.1) is 10.0 Å². The van der Waals surface area contributed by atoms with E-state index in [0.29, 0.717) is 22.2 Å². The molecule has 0 radical (unpaired) electrons. The highest BCUT2D eigenvalue weighted by molar-refractivity contribution is 6.42. The normalized spacial score (nSPS) is 15.5. The maximum Gasteiger partial charge on any atom is 0.251 e. The van der Waals surface area contributed by atoms with Gasteiger partial charge in [-0.1, -0.05) is 23.2 Å². The number of hydrogen-bond donors (Lipinski definition) is 1. The van der Waals surface area contributed by atoms with Gasteiger partial charge in [-0.15, -0.1) is 0 Å². The molecule has 1 heterocycles. The second-order valence-corrected chi connectivity index (χ2v) is 7.31. The first-order valence-corrected chi connectivity index (χ1v) is 9.64. The van der Waals surface area contributed by atoms with Crippen molar-refractivity contribution in [3.05, 3.63) is 63.9 Å². The summed E-state index contributed by atoms with van der Waals surface area (Å²) < 4.78 is 18.9. The number of carbonyl (C=O) groups is 1. The lowest BCUT2D eigenvalue weighted by Gasteiger charge is -2.32. The lowest BCUT2D eigenvalue weighted by atomic mass is 10.1. The number of amides is 1. The number of likely N-dealkylation sites (tertiary alicyclic amines) is 1. The van der Waals surface area contributed by atoms with Crippen LogP contribution in [-0.2, 0) is 0 Å². The Morgan fingerprint density at radius 3 is 2.48 bits per heavy atom. The fraction of sp³-hybridized carbons (Fsp3) is 0.350. The largest absolute Gasteiger partial charge is 0.490 e. The van der Waals surface area contributed by atoms with Gasteiger partial charge in [-0.3, -0.25) is 4.79 Å². The van der Waals surface area contributed by atoms with Crippen LogP contribution in [0.3, 0.4) is 0 Å². The first kappa shape index (κ1) is 19.9. The molecule has 27 heavy (non-hydrogen) atoms. The summed E-state index contributed by atoms with van der Waals surface area (Å²) in [6.07, 6.45) is 1.96. The maximum atomic E-state index is 12.9. The minimum absolute atomic E-state index is 0.146. The lowest BCUT2D eigenvalue weighted by Crippen LogP contribution is -2.42. The van der Waals surface area contributed by atoms with Crippen LogP contribution < -0.4 is 10.1 Å². The van der Waals surface area contributed by atoms with Crippen LogP contribution in [-0.4, -0.2) is 43.1 Å². The number of halogens is 3. The molecular weight excluding hydrogens is 390 g/mol. The summed E-state index contributed by atoms with van der Waals surface area (Å²) >= 11 is 11.9. The second-order valence-electron chi connectivity index (χ2n) is 6.50. The molecular formula is C20H21Cl2FN2O2. The lowest BCUT2D eigenvalue weighted by molar-refractivity contribution is 0.0905. The van der Waals surface area contributed by atoms with Crippen molar-refractivity contribution in [3.8, 4) is 5.75 Å². The van der Waals surface area contributed by atoms with Crippen LogP contribution in [0.5, 0.6) is 5.75 Å². The topological polar surface area (TPSA) is 41.6 Å². The van der Waals surface area contributed by atoms with Crippen molar-refractivity contribution in [2.24, 2.45) is 0 Å². The molecule has 0 aromatic heterocycles. The average Bonchev–Trinajstić information content (AvgIpc) is 2.66. The van der Waals surface area contributed by atoms with Crippen molar-refractivity contribution < 1.29 is 13.9 Å². The number of ether oxygens (including phenoxy) is 1. The highest BCUT2D eigenvalue weighted by Gasteiger charge is 2.20. The quantitative estimate of drug-likeness (QED) is 0.766. The Hall–Kier alpha value is -1.82. The Balaban J connectivity index is 1.37. The van der Waals surface area contributed by atoms with Gasteiger partial charge in [0.1, 0.15) is 17.7 Å². The van der Waals surface area contributed by atoms with E-state index in [1.807, 2.05) is 6.07 Å². The fourth-order valence-electron chi connectivity index (χ4n) is 3.02. The van der Waals surface area contributed by atoms with Gasteiger partial charge in [-0.25, -0.2) is 4.39 Å². The molecule has 2 aromatic carbocycles. The third-order valence-corrected chi connectivity index (χ3v) is 5.29. The van der Waals surface area contributed by atoms with Crippen molar-refractivity contribution in [3.63, 3.8) is 0 Å². The summed E-state index contributed by atoms with van der Waals surface area (Å²) in [5, 5.41) is 3.87. The molecule has 0 bridgehead atoms. The number of piperidine rings is 1. The van der Waals surface area contributed by atoms with Gasteiger partial charge < -0.3 is 15.0 Å². The molecule has 144 valence electrons. The van der Waals surface area contributed by atoms with Crippen molar-refractivity contribution in [1.29, 1.82) is 0 Å². The molecule has 0 aliphatic carbocycles. The summed E-state index contributed by atoms with van der Waals surface area (Å²) in [7, 11) is 0. The molecule has 0 spiro atoms. The van der Waals surface area contributed by atoms with Crippen LogP contribution in [0.1, 0.15) is 23.2 Å². The second kappa shape index (κ2) is 9.40. The van der Waals surface area contributed by atoms with Crippen LogP contribution in [0.4, 0.5) is 4.39 Å². The number of benzene rings is 2. The number of hydrogen-bond acceptors (Lipinski definition) is 3. The molecule has 1 saturated heterocycles. The van der Waals surface area contributed by atoms with Crippen LogP contribution in [0.15, 0.2) is 42.5 Å². The third-order valence-electron chi connectivity index (χ3n) is 4.55. The first-order chi connectivity index (χ1) is 13.0. The molecule has 4 nitrogen and oxygen atoms in total. The summed E-state index contributed by atoms with van der Waals surface area (Å²) in [4.78, 5) is 14.3. The zero-order valence-electron chi connectivity index (χ0n) is 14.8. The first-order valence-electron chi connectivity index (χ1n) is 8.89. The number of nitrogens with one attached hydrogen (secondary N) is 1. The number of carbonyl (C=O) groups excluding carboxylic acids is 1. The molecule has 0 atom stereocenters. The zero-order valence-corrected chi connectivity index (χ0v) is 16.3. The third kappa shape index (κ3) is 5.83. The number of rotatable bonds is 6.